The highest BCUT2D eigenvalue weighted by Gasteiger charge is 1.97. The van der Waals surface area contributed by atoms with Crippen LogP contribution >= 0.6 is 0 Å². The van der Waals surface area contributed by atoms with E-state index in [2.05, 4.69) is 79.1 Å². The number of nitrogens with zero attached hydrogens (tertiary/aromatic N) is 1. The van der Waals surface area contributed by atoms with Crippen molar-refractivity contribution in [1.82, 2.24) is 0 Å². The van der Waals surface area contributed by atoms with Gasteiger partial charge in [0, 0.05) is 12.1 Å². The predicted molar refractivity (Wildman–Crippen MR) is 80.5 cm³/mol. The molecule has 0 N–H and O–H groups in total. The van der Waals surface area contributed by atoms with E-state index in [9.17, 15) is 0 Å². The lowest BCUT2D eigenvalue weighted by Crippen LogP contribution is -3.00. The molecule has 0 unspecified atom stereocenters. The predicted octanol–water partition coefficient (Wildman–Crippen LogP) is 0.839. The summed E-state index contributed by atoms with van der Waals surface area (Å²) in [5, 5.41) is 2.58. The molecule has 100 valence electrons. The molecule has 20 heavy (non-hydrogen) atoms. The van der Waals surface area contributed by atoms with Crippen molar-refractivity contribution in [2.75, 3.05) is 0 Å². The van der Waals surface area contributed by atoms with Crippen LogP contribution in [-0.2, 0) is 7.05 Å². The summed E-state index contributed by atoms with van der Waals surface area (Å²) in [7, 11) is 2.03. The topological polar surface area (TPSA) is 3.88 Å². The van der Waals surface area contributed by atoms with Crippen molar-refractivity contribution in [2.24, 2.45) is 7.05 Å². The maximum Gasteiger partial charge on any atom is 0.169 e. The van der Waals surface area contributed by atoms with Crippen LogP contribution in [0.25, 0.3) is 22.9 Å². The first-order valence-electron chi connectivity index (χ1n) is 6.44. The van der Waals surface area contributed by atoms with Gasteiger partial charge in [-0.25, -0.2) is 4.57 Å². The number of benzene rings is 2. The maximum atomic E-state index is 2.18. The molecule has 0 spiro atoms. The zero-order valence-corrected chi connectivity index (χ0v) is 13.5. The average molecular weight is 373 g/mol. The number of aromatic nitrogens is 1. The van der Waals surface area contributed by atoms with Gasteiger partial charge in [-0.1, -0.05) is 54.6 Å². The van der Waals surface area contributed by atoms with Crippen molar-refractivity contribution >= 4 is 22.9 Å². The van der Waals surface area contributed by atoms with E-state index < -0.39 is 0 Å². The van der Waals surface area contributed by atoms with Gasteiger partial charge < -0.3 is 24.0 Å². The van der Waals surface area contributed by atoms with Crippen LogP contribution in [0.15, 0.2) is 67.0 Å². The molecule has 0 aliphatic rings. The van der Waals surface area contributed by atoms with E-state index in [4.69, 9.17) is 0 Å². The molecule has 0 bridgehead atoms. The quantitative estimate of drug-likeness (QED) is 0.463. The number of halogens is 1. The van der Waals surface area contributed by atoms with Crippen molar-refractivity contribution in [1.29, 1.82) is 0 Å². The fraction of sp³-hybridized carbons (Fsp3) is 0.0556. The molecule has 2 aromatic carbocycles. The molecule has 2 heteroatoms. The van der Waals surface area contributed by atoms with Crippen molar-refractivity contribution in [3.63, 3.8) is 0 Å². The van der Waals surface area contributed by atoms with Gasteiger partial charge in [-0.2, -0.15) is 0 Å². The highest BCUT2D eigenvalue weighted by Crippen LogP contribution is 2.20. The number of rotatable bonds is 2. The minimum atomic E-state index is 0. The fourth-order valence-corrected chi connectivity index (χ4v) is 2.21. The van der Waals surface area contributed by atoms with Gasteiger partial charge in [0.05, 0.1) is 0 Å². The van der Waals surface area contributed by atoms with E-state index in [1.54, 1.807) is 0 Å². The smallest absolute Gasteiger partial charge is 0.169 e. The van der Waals surface area contributed by atoms with E-state index in [1.807, 2.05) is 11.6 Å². The molecule has 1 aromatic heterocycles. The molecule has 3 aromatic rings. The van der Waals surface area contributed by atoms with Gasteiger partial charge in [0.1, 0.15) is 7.05 Å². The summed E-state index contributed by atoms with van der Waals surface area (Å²) in [5.41, 5.74) is 2.47. The second kappa shape index (κ2) is 6.66. The highest BCUT2D eigenvalue weighted by atomic mass is 127. The first-order valence-corrected chi connectivity index (χ1v) is 6.44. The van der Waals surface area contributed by atoms with E-state index in [1.165, 1.54) is 21.9 Å². The van der Waals surface area contributed by atoms with Crippen LogP contribution in [0.4, 0.5) is 0 Å². The molecule has 0 fully saturated rings. The van der Waals surface area contributed by atoms with Gasteiger partial charge in [-0.3, -0.25) is 0 Å². The number of hydrogen-bond donors (Lipinski definition) is 0. The number of hydrogen-bond acceptors (Lipinski definition) is 0. The van der Waals surface area contributed by atoms with Crippen molar-refractivity contribution in [2.45, 2.75) is 0 Å². The molecule has 1 nitrogen and oxygen atoms in total. The second-order valence-electron chi connectivity index (χ2n) is 4.70. The van der Waals surface area contributed by atoms with Gasteiger partial charge in [0.2, 0.25) is 0 Å². The number of aryl methyl sites for hydroxylation is 1. The van der Waals surface area contributed by atoms with Crippen LogP contribution in [0.3, 0.4) is 0 Å². The summed E-state index contributed by atoms with van der Waals surface area (Å²) in [6, 6.07) is 19.1. The van der Waals surface area contributed by atoms with Gasteiger partial charge in [0.25, 0.3) is 0 Å². The Kier molecular flexibility index (Phi) is 4.90. The SMILES string of the molecule is C[n+]1ccc(C=Cc2cccc3ccccc23)cc1.[I-]. The molecule has 0 amide bonds. The molecule has 0 aliphatic heterocycles. The van der Waals surface area contributed by atoms with Crippen LogP contribution in [-0.4, -0.2) is 0 Å². The molecule has 0 saturated heterocycles. The lowest BCUT2D eigenvalue weighted by Gasteiger charge is -2.01. The van der Waals surface area contributed by atoms with E-state index in [0.717, 1.165) is 0 Å². The molecule has 1 heterocycles. The zero-order valence-electron chi connectivity index (χ0n) is 11.3. The van der Waals surface area contributed by atoms with Gasteiger partial charge in [-0.15, -0.1) is 0 Å². The molecular formula is C18H16IN. The Labute approximate surface area is 136 Å². The Morgan fingerprint density at radius 3 is 2.30 bits per heavy atom. The van der Waals surface area contributed by atoms with Crippen molar-refractivity contribution < 1.29 is 28.5 Å². The van der Waals surface area contributed by atoms with E-state index in [0.29, 0.717) is 0 Å². The number of fused-ring (bicyclic) bond motifs is 1. The average Bonchev–Trinajstić information content (AvgIpc) is 2.47. The third-order valence-electron chi connectivity index (χ3n) is 3.28. The Morgan fingerprint density at radius 1 is 0.800 bits per heavy atom. The normalized spacial score (nSPS) is 10.7. The molecule has 0 saturated carbocycles. The minimum Gasteiger partial charge on any atom is -1.00 e. The largest absolute Gasteiger partial charge is 1.00 e. The van der Waals surface area contributed by atoms with Crippen LogP contribution in [0, 0.1) is 0 Å². The summed E-state index contributed by atoms with van der Waals surface area (Å²) in [5.74, 6) is 0. The molecule has 0 aliphatic carbocycles. The summed E-state index contributed by atoms with van der Waals surface area (Å²) >= 11 is 0. The van der Waals surface area contributed by atoms with Gasteiger partial charge in [0.15, 0.2) is 12.4 Å². The Balaban J connectivity index is 0.00000147. The molecule has 0 atom stereocenters. The molecule has 0 radical (unpaired) electrons. The minimum absolute atomic E-state index is 0. The maximum absolute atomic E-state index is 2.18. The Morgan fingerprint density at radius 2 is 1.50 bits per heavy atom. The number of pyridine rings is 1. The fourth-order valence-electron chi connectivity index (χ4n) is 2.21. The van der Waals surface area contributed by atoms with Crippen LogP contribution in [0.2, 0.25) is 0 Å². The summed E-state index contributed by atoms with van der Waals surface area (Å²) < 4.78 is 2.04. The standard InChI is InChI=1S/C18H16N.HI/c1-19-13-11-15(12-14-19)9-10-17-7-4-6-16-5-2-3-8-18(16)17;/h2-14H,1H3;1H/q+1;/p-1. The lowest BCUT2D eigenvalue weighted by molar-refractivity contribution is -0.671. The monoisotopic (exact) mass is 373 g/mol. The summed E-state index contributed by atoms with van der Waals surface area (Å²) in [6.07, 6.45) is 8.45. The van der Waals surface area contributed by atoms with Gasteiger partial charge >= 0.3 is 0 Å². The van der Waals surface area contributed by atoms with Crippen molar-refractivity contribution in [3.05, 3.63) is 78.1 Å². The first kappa shape index (κ1) is 14.7. The molecule has 3 rings (SSSR count). The Bertz CT molecular complexity index is 724. The summed E-state index contributed by atoms with van der Waals surface area (Å²) in [4.78, 5) is 0. The van der Waals surface area contributed by atoms with Crippen LogP contribution in [0.1, 0.15) is 11.1 Å². The van der Waals surface area contributed by atoms with E-state index >= 15 is 0 Å². The zero-order chi connectivity index (χ0) is 13.1. The Hall–Kier alpha value is -1.68. The summed E-state index contributed by atoms with van der Waals surface area (Å²) in [6.45, 7) is 0. The van der Waals surface area contributed by atoms with Crippen LogP contribution < -0.4 is 28.5 Å². The van der Waals surface area contributed by atoms with Crippen molar-refractivity contribution in [3.8, 4) is 0 Å². The highest BCUT2D eigenvalue weighted by molar-refractivity contribution is 5.92. The third kappa shape index (κ3) is 3.25. The van der Waals surface area contributed by atoms with Gasteiger partial charge in [-0.05, 0) is 21.9 Å². The third-order valence-corrected chi connectivity index (χ3v) is 3.28. The lowest BCUT2D eigenvalue weighted by atomic mass is 10.0. The molecular weight excluding hydrogens is 357 g/mol. The van der Waals surface area contributed by atoms with Crippen LogP contribution in [0.5, 0.6) is 0 Å². The first-order chi connectivity index (χ1) is 9.33. The van der Waals surface area contributed by atoms with E-state index in [-0.39, 0.29) is 24.0 Å². The second-order valence-corrected chi connectivity index (χ2v) is 4.70.